The summed E-state index contributed by atoms with van der Waals surface area (Å²) >= 11 is 0. The summed E-state index contributed by atoms with van der Waals surface area (Å²) in [5, 5.41) is 11.1. The number of fused-ring (bicyclic) bond motifs is 1. The molecule has 98 valence electrons. The summed E-state index contributed by atoms with van der Waals surface area (Å²) in [5.74, 6) is 0.579. The first-order valence-corrected chi connectivity index (χ1v) is 6.29. The second-order valence-electron chi connectivity index (χ2n) is 5.38. The molecule has 0 saturated heterocycles. The highest BCUT2D eigenvalue weighted by atomic mass is 16.3. The second kappa shape index (κ2) is 3.96. The highest BCUT2D eigenvalue weighted by Gasteiger charge is 2.20. The van der Waals surface area contributed by atoms with E-state index in [1.165, 1.54) is 10.9 Å². The minimum absolute atomic E-state index is 0.579. The smallest absolute Gasteiger partial charge is 0.138 e. The monoisotopic (exact) mass is 255 g/mol. The average molecular weight is 255 g/mol. The lowest BCUT2D eigenvalue weighted by molar-refractivity contribution is 0.0697. The molecule has 2 N–H and O–H groups in total. The van der Waals surface area contributed by atoms with Crippen molar-refractivity contribution in [3.8, 4) is 11.3 Å². The van der Waals surface area contributed by atoms with Gasteiger partial charge < -0.3 is 14.7 Å². The molecule has 0 aliphatic carbocycles. The van der Waals surface area contributed by atoms with Crippen molar-refractivity contribution in [2.45, 2.75) is 19.4 Å². The van der Waals surface area contributed by atoms with Crippen LogP contribution in [0.4, 0.5) is 0 Å². The Morgan fingerprint density at radius 2 is 2.00 bits per heavy atom. The number of aromatic amines is 1. The van der Waals surface area contributed by atoms with Crippen LogP contribution in [0.25, 0.3) is 22.2 Å². The number of rotatable bonds is 2. The molecule has 3 rings (SSSR count). The van der Waals surface area contributed by atoms with Gasteiger partial charge in [0.05, 0.1) is 11.9 Å². The van der Waals surface area contributed by atoms with Crippen LogP contribution in [-0.4, -0.2) is 19.6 Å². The molecule has 0 unspecified atom stereocenters. The van der Waals surface area contributed by atoms with Gasteiger partial charge in [0.15, 0.2) is 0 Å². The molecule has 4 heteroatoms. The van der Waals surface area contributed by atoms with Crippen LogP contribution in [0.3, 0.4) is 0 Å². The summed E-state index contributed by atoms with van der Waals surface area (Å²) in [5.41, 5.74) is 2.25. The van der Waals surface area contributed by atoms with Gasteiger partial charge in [0.25, 0.3) is 0 Å². The number of nitrogens with one attached hydrogen (secondary N) is 1. The van der Waals surface area contributed by atoms with E-state index in [0.29, 0.717) is 5.82 Å². The minimum Gasteiger partial charge on any atom is -0.383 e. The fraction of sp³-hybridized carbons (Fsp3) is 0.267. The van der Waals surface area contributed by atoms with Crippen LogP contribution in [0.15, 0.2) is 36.7 Å². The van der Waals surface area contributed by atoms with Gasteiger partial charge in [-0.05, 0) is 19.9 Å². The number of aliphatic hydroxyl groups is 1. The molecular weight excluding hydrogens is 238 g/mol. The number of benzene rings is 1. The SMILES string of the molecule is Cn1cc(-c2cnc(C(C)(C)O)[nH]2)c2ccccc21. The molecule has 19 heavy (non-hydrogen) atoms. The first-order valence-electron chi connectivity index (χ1n) is 6.29. The van der Waals surface area contributed by atoms with E-state index in [-0.39, 0.29) is 0 Å². The fourth-order valence-corrected chi connectivity index (χ4v) is 2.33. The van der Waals surface area contributed by atoms with Gasteiger partial charge in [0.2, 0.25) is 0 Å². The van der Waals surface area contributed by atoms with Gasteiger partial charge in [-0.2, -0.15) is 0 Å². The van der Waals surface area contributed by atoms with Gasteiger partial charge in [-0.1, -0.05) is 18.2 Å². The Morgan fingerprint density at radius 3 is 2.68 bits per heavy atom. The van der Waals surface area contributed by atoms with E-state index in [0.717, 1.165) is 11.3 Å². The Morgan fingerprint density at radius 1 is 1.26 bits per heavy atom. The van der Waals surface area contributed by atoms with Crippen LogP contribution >= 0.6 is 0 Å². The Balaban J connectivity index is 2.17. The molecular formula is C15H17N3O. The number of aromatic nitrogens is 3. The van der Waals surface area contributed by atoms with Crippen molar-refractivity contribution >= 4 is 10.9 Å². The summed E-state index contributed by atoms with van der Waals surface area (Å²) in [6.07, 6.45) is 3.85. The molecule has 0 amide bonds. The summed E-state index contributed by atoms with van der Waals surface area (Å²) in [4.78, 5) is 7.47. The molecule has 2 aromatic heterocycles. The zero-order chi connectivity index (χ0) is 13.6. The predicted molar refractivity (Wildman–Crippen MR) is 75.7 cm³/mol. The maximum atomic E-state index is 9.97. The Labute approximate surface area is 111 Å². The van der Waals surface area contributed by atoms with Crippen LogP contribution in [0.1, 0.15) is 19.7 Å². The molecule has 0 bridgehead atoms. The van der Waals surface area contributed by atoms with E-state index in [1.54, 1.807) is 20.0 Å². The van der Waals surface area contributed by atoms with Crippen molar-refractivity contribution in [3.05, 3.63) is 42.5 Å². The van der Waals surface area contributed by atoms with Gasteiger partial charge in [0.1, 0.15) is 11.4 Å². The zero-order valence-corrected chi connectivity index (χ0v) is 11.3. The average Bonchev–Trinajstić information content (AvgIpc) is 2.94. The van der Waals surface area contributed by atoms with Crippen LogP contribution < -0.4 is 0 Å². The topological polar surface area (TPSA) is 53.8 Å². The first-order chi connectivity index (χ1) is 8.97. The van der Waals surface area contributed by atoms with E-state index < -0.39 is 5.60 Å². The normalized spacial score (nSPS) is 12.2. The van der Waals surface area contributed by atoms with Gasteiger partial charge in [-0.25, -0.2) is 4.98 Å². The predicted octanol–water partition coefficient (Wildman–Crippen LogP) is 2.80. The maximum absolute atomic E-state index is 9.97. The van der Waals surface area contributed by atoms with Crippen LogP contribution in [0.5, 0.6) is 0 Å². The lowest BCUT2D eigenvalue weighted by Crippen LogP contribution is -2.17. The molecule has 0 radical (unpaired) electrons. The summed E-state index contributed by atoms with van der Waals surface area (Å²) in [6.45, 7) is 3.44. The lowest BCUT2D eigenvalue weighted by atomic mass is 10.1. The first kappa shape index (κ1) is 12.0. The van der Waals surface area contributed by atoms with Crippen LogP contribution in [0, 0.1) is 0 Å². The molecule has 3 aromatic rings. The maximum Gasteiger partial charge on any atom is 0.138 e. The molecule has 0 saturated carbocycles. The third kappa shape index (κ3) is 1.94. The van der Waals surface area contributed by atoms with Gasteiger partial charge in [0, 0.05) is 29.7 Å². The molecule has 2 heterocycles. The van der Waals surface area contributed by atoms with Crippen LogP contribution in [0.2, 0.25) is 0 Å². The van der Waals surface area contributed by atoms with Gasteiger partial charge in [-0.3, -0.25) is 0 Å². The quantitative estimate of drug-likeness (QED) is 0.739. The number of aryl methyl sites for hydroxylation is 1. The number of H-pyrrole nitrogens is 1. The van der Waals surface area contributed by atoms with Crippen molar-refractivity contribution < 1.29 is 5.11 Å². The zero-order valence-electron chi connectivity index (χ0n) is 11.3. The van der Waals surface area contributed by atoms with Gasteiger partial charge >= 0.3 is 0 Å². The van der Waals surface area contributed by atoms with Crippen molar-refractivity contribution in [1.82, 2.24) is 14.5 Å². The van der Waals surface area contributed by atoms with E-state index >= 15 is 0 Å². The summed E-state index contributed by atoms with van der Waals surface area (Å²) < 4.78 is 2.09. The Kier molecular flexibility index (Phi) is 2.50. The largest absolute Gasteiger partial charge is 0.383 e. The fourth-order valence-electron chi connectivity index (χ4n) is 2.33. The number of hydrogen-bond donors (Lipinski definition) is 2. The van der Waals surface area contributed by atoms with E-state index in [1.807, 2.05) is 19.2 Å². The minimum atomic E-state index is -0.956. The number of imidazole rings is 1. The molecule has 0 aliphatic heterocycles. The Bertz CT molecular complexity index is 731. The number of para-hydroxylation sites is 1. The van der Waals surface area contributed by atoms with Crippen molar-refractivity contribution in [2.24, 2.45) is 7.05 Å². The third-order valence-electron chi connectivity index (χ3n) is 3.34. The third-order valence-corrected chi connectivity index (χ3v) is 3.34. The molecule has 0 fully saturated rings. The number of hydrogen-bond acceptors (Lipinski definition) is 2. The molecule has 0 atom stereocenters. The second-order valence-corrected chi connectivity index (χ2v) is 5.38. The standard InChI is InChI=1S/C15H17N3O/c1-15(2,19)14-16-8-12(17-14)11-9-18(3)13-7-5-4-6-10(11)13/h4-9,19H,1-3H3,(H,16,17). The molecule has 0 aliphatic rings. The van der Waals surface area contributed by atoms with Gasteiger partial charge in [-0.15, -0.1) is 0 Å². The molecule has 1 aromatic carbocycles. The molecule has 0 spiro atoms. The summed E-state index contributed by atoms with van der Waals surface area (Å²) in [6, 6.07) is 8.24. The lowest BCUT2D eigenvalue weighted by Gasteiger charge is -2.12. The highest BCUT2D eigenvalue weighted by molar-refractivity contribution is 5.95. The highest BCUT2D eigenvalue weighted by Crippen LogP contribution is 2.30. The van der Waals surface area contributed by atoms with Crippen molar-refractivity contribution in [2.75, 3.05) is 0 Å². The van der Waals surface area contributed by atoms with Crippen molar-refractivity contribution in [1.29, 1.82) is 0 Å². The number of nitrogens with zero attached hydrogens (tertiary/aromatic N) is 2. The molecule has 4 nitrogen and oxygen atoms in total. The van der Waals surface area contributed by atoms with Crippen molar-refractivity contribution in [3.63, 3.8) is 0 Å². The van der Waals surface area contributed by atoms with Crippen LogP contribution in [-0.2, 0) is 12.6 Å². The van der Waals surface area contributed by atoms with E-state index in [9.17, 15) is 5.11 Å². The Hall–Kier alpha value is -2.07. The summed E-state index contributed by atoms with van der Waals surface area (Å²) in [7, 11) is 2.03. The van der Waals surface area contributed by atoms with E-state index in [4.69, 9.17) is 0 Å². The van der Waals surface area contributed by atoms with E-state index in [2.05, 4.69) is 32.9 Å².